The van der Waals surface area contributed by atoms with Gasteiger partial charge in [0.1, 0.15) is 5.75 Å². The lowest BCUT2D eigenvalue weighted by molar-refractivity contribution is -0.274. The summed E-state index contributed by atoms with van der Waals surface area (Å²) in [6, 6.07) is 6.35. The minimum absolute atomic E-state index is 0.0277. The first kappa shape index (κ1) is 18.8. The largest absolute Gasteiger partial charge is 0.573 e. The molecule has 1 heterocycles. The third-order valence-electron chi connectivity index (χ3n) is 4.48. The van der Waals surface area contributed by atoms with E-state index >= 15 is 0 Å². The van der Waals surface area contributed by atoms with E-state index in [-0.39, 0.29) is 23.8 Å². The molecule has 3 unspecified atom stereocenters. The number of hydrogen-bond donors (Lipinski definition) is 2. The van der Waals surface area contributed by atoms with Crippen LogP contribution in [0.4, 0.5) is 13.2 Å². The summed E-state index contributed by atoms with van der Waals surface area (Å²) < 4.78 is 47.5. The molecule has 1 aromatic rings. The maximum atomic E-state index is 12.6. The first-order valence-corrected chi connectivity index (χ1v) is 8.97. The van der Waals surface area contributed by atoms with Crippen LogP contribution >= 0.6 is 0 Å². The van der Waals surface area contributed by atoms with Crippen molar-refractivity contribution in [1.29, 1.82) is 0 Å². The van der Waals surface area contributed by atoms with Gasteiger partial charge in [-0.15, -0.1) is 13.2 Å². The number of halogens is 3. The Balaban J connectivity index is 1.61. The number of rotatable bonds is 6. The van der Waals surface area contributed by atoms with Crippen LogP contribution < -0.4 is 15.4 Å². The number of aliphatic imine (C=N–C) groups is 1. The van der Waals surface area contributed by atoms with Gasteiger partial charge in [-0.25, -0.2) is 0 Å². The van der Waals surface area contributed by atoms with Gasteiger partial charge in [-0.2, -0.15) is 0 Å². The van der Waals surface area contributed by atoms with Crippen molar-refractivity contribution in [2.75, 3.05) is 19.7 Å². The molecule has 144 valence electrons. The van der Waals surface area contributed by atoms with Crippen molar-refractivity contribution in [1.82, 2.24) is 10.6 Å². The van der Waals surface area contributed by atoms with Gasteiger partial charge in [0.25, 0.3) is 0 Å². The quantitative estimate of drug-likeness (QED) is 0.596. The van der Waals surface area contributed by atoms with E-state index in [1.54, 1.807) is 18.2 Å². The Bertz CT molecular complexity index is 630. The second-order valence-electron chi connectivity index (χ2n) is 6.53. The molecule has 0 spiro atoms. The topological polar surface area (TPSA) is 54.9 Å². The van der Waals surface area contributed by atoms with E-state index in [9.17, 15) is 13.2 Å². The highest BCUT2D eigenvalue weighted by Crippen LogP contribution is 2.45. The molecule has 1 aliphatic carbocycles. The fraction of sp³-hybridized carbons (Fsp3) is 0.611. The van der Waals surface area contributed by atoms with Crippen molar-refractivity contribution < 1.29 is 22.6 Å². The molecular formula is C18H24F3N3O2. The molecule has 26 heavy (non-hydrogen) atoms. The van der Waals surface area contributed by atoms with Crippen LogP contribution in [0.5, 0.6) is 5.75 Å². The van der Waals surface area contributed by atoms with Crippen molar-refractivity contribution in [2.45, 2.75) is 50.6 Å². The minimum Gasteiger partial charge on any atom is -0.405 e. The zero-order valence-corrected chi connectivity index (χ0v) is 14.7. The van der Waals surface area contributed by atoms with E-state index in [0.29, 0.717) is 24.6 Å². The van der Waals surface area contributed by atoms with Crippen molar-refractivity contribution in [3.8, 4) is 5.75 Å². The van der Waals surface area contributed by atoms with Crippen LogP contribution in [-0.2, 0) is 4.74 Å². The van der Waals surface area contributed by atoms with Gasteiger partial charge in [0.15, 0.2) is 5.96 Å². The van der Waals surface area contributed by atoms with E-state index in [1.165, 1.54) is 6.07 Å². The number of alkyl halides is 3. The van der Waals surface area contributed by atoms with Crippen molar-refractivity contribution in [3.63, 3.8) is 0 Å². The van der Waals surface area contributed by atoms with Crippen LogP contribution in [0.15, 0.2) is 29.3 Å². The summed E-state index contributed by atoms with van der Waals surface area (Å²) in [6.45, 7) is 4.05. The molecule has 1 aromatic carbocycles. The zero-order valence-electron chi connectivity index (χ0n) is 14.7. The average Bonchev–Trinajstić information content (AvgIpc) is 3.13. The van der Waals surface area contributed by atoms with Crippen LogP contribution in [0.1, 0.15) is 37.7 Å². The van der Waals surface area contributed by atoms with Gasteiger partial charge in [0.05, 0.1) is 12.6 Å². The maximum Gasteiger partial charge on any atom is 0.573 e. The van der Waals surface area contributed by atoms with E-state index in [0.717, 1.165) is 25.9 Å². The Kier molecular flexibility index (Phi) is 5.90. The summed E-state index contributed by atoms with van der Waals surface area (Å²) in [4.78, 5) is 4.54. The third kappa shape index (κ3) is 5.27. The highest BCUT2D eigenvalue weighted by atomic mass is 19.4. The van der Waals surface area contributed by atoms with Gasteiger partial charge >= 0.3 is 6.36 Å². The molecule has 0 amide bonds. The molecule has 2 aliphatic rings. The lowest BCUT2D eigenvalue weighted by Crippen LogP contribution is -2.39. The summed E-state index contributed by atoms with van der Waals surface area (Å²) in [6.07, 6.45) is -1.72. The van der Waals surface area contributed by atoms with Crippen molar-refractivity contribution >= 4 is 5.96 Å². The van der Waals surface area contributed by atoms with Crippen LogP contribution in [0.2, 0.25) is 0 Å². The Morgan fingerprint density at radius 3 is 2.85 bits per heavy atom. The number of guanidine groups is 1. The first-order chi connectivity index (χ1) is 12.5. The highest BCUT2D eigenvalue weighted by Gasteiger charge is 2.42. The van der Waals surface area contributed by atoms with Crippen molar-refractivity contribution in [2.24, 2.45) is 4.99 Å². The first-order valence-electron chi connectivity index (χ1n) is 8.97. The van der Waals surface area contributed by atoms with Crippen molar-refractivity contribution in [3.05, 3.63) is 29.8 Å². The Morgan fingerprint density at radius 1 is 1.35 bits per heavy atom. The SMILES string of the molecule is CCNC(=NCC1CCCO1)NC1CC1c1ccccc1OC(F)(F)F. The van der Waals surface area contributed by atoms with Gasteiger partial charge in [-0.3, -0.25) is 4.99 Å². The van der Waals surface area contributed by atoms with E-state index < -0.39 is 6.36 Å². The minimum atomic E-state index is -4.69. The maximum absolute atomic E-state index is 12.6. The van der Waals surface area contributed by atoms with Crippen LogP contribution in [-0.4, -0.2) is 44.2 Å². The average molecular weight is 371 g/mol. The Morgan fingerprint density at radius 2 is 2.15 bits per heavy atom. The number of para-hydroxylation sites is 1. The summed E-state index contributed by atoms with van der Waals surface area (Å²) in [7, 11) is 0. The van der Waals surface area contributed by atoms with E-state index in [2.05, 4.69) is 20.4 Å². The standard InChI is InChI=1S/C18H24F3N3O2/c1-2-22-17(23-11-12-6-5-9-25-12)24-15-10-14(15)13-7-3-4-8-16(13)26-18(19,20)21/h3-4,7-8,12,14-15H,2,5-6,9-11H2,1H3,(H2,22,23,24). The van der Waals surface area contributed by atoms with Gasteiger partial charge in [-0.1, -0.05) is 18.2 Å². The molecular weight excluding hydrogens is 347 g/mol. The predicted octanol–water partition coefficient (Wildman–Crippen LogP) is 3.18. The molecule has 0 radical (unpaired) electrons. The summed E-state index contributed by atoms with van der Waals surface area (Å²) >= 11 is 0. The number of ether oxygens (including phenoxy) is 2. The summed E-state index contributed by atoms with van der Waals surface area (Å²) in [5.74, 6) is 0.514. The molecule has 1 saturated heterocycles. The summed E-state index contributed by atoms with van der Waals surface area (Å²) in [5.41, 5.74) is 0.567. The molecule has 5 nitrogen and oxygen atoms in total. The number of hydrogen-bond acceptors (Lipinski definition) is 3. The number of benzene rings is 1. The van der Waals surface area contributed by atoms with Crippen LogP contribution in [0.25, 0.3) is 0 Å². The van der Waals surface area contributed by atoms with Gasteiger partial charge in [0.2, 0.25) is 0 Å². The Hall–Kier alpha value is -1.96. The normalized spacial score (nSPS) is 25.8. The zero-order chi connectivity index (χ0) is 18.6. The molecule has 0 bridgehead atoms. The van der Waals surface area contributed by atoms with Gasteiger partial charge in [-0.05, 0) is 37.8 Å². The molecule has 8 heteroatoms. The van der Waals surface area contributed by atoms with E-state index in [1.807, 2.05) is 6.92 Å². The molecule has 2 N–H and O–H groups in total. The van der Waals surface area contributed by atoms with Crippen LogP contribution in [0, 0.1) is 0 Å². The highest BCUT2D eigenvalue weighted by molar-refractivity contribution is 5.80. The molecule has 3 rings (SSSR count). The molecule has 3 atom stereocenters. The second-order valence-corrected chi connectivity index (χ2v) is 6.53. The molecule has 2 fully saturated rings. The Labute approximate surface area is 151 Å². The smallest absolute Gasteiger partial charge is 0.405 e. The summed E-state index contributed by atoms with van der Waals surface area (Å²) in [5, 5.41) is 6.48. The lowest BCUT2D eigenvalue weighted by atomic mass is 10.1. The predicted molar refractivity (Wildman–Crippen MR) is 92.4 cm³/mol. The van der Waals surface area contributed by atoms with Gasteiger partial charge < -0.3 is 20.1 Å². The fourth-order valence-electron chi connectivity index (χ4n) is 3.18. The molecule has 1 aliphatic heterocycles. The second kappa shape index (κ2) is 8.16. The van der Waals surface area contributed by atoms with Gasteiger partial charge in [0, 0.05) is 25.1 Å². The molecule has 1 saturated carbocycles. The fourth-order valence-corrected chi connectivity index (χ4v) is 3.18. The monoisotopic (exact) mass is 371 g/mol. The van der Waals surface area contributed by atoms with E-state index in [4.69, 9.17) is 4.74 Å². The molecule has 0 aromatic heterocycles. The number of nitrogens with one attached hydrogen (secondary N) is 2. The third-order valence-corrected chi connectivity index (χ3v) is 4.48. The lowest BCUT2D eigenvalue weighted by Gasteiger charge is -2.15. The van der Waals surface area contributed by atoms with Crippen LogP contribution in [0.3, 0.4) is 0 Å². The number of nitrogens with zero attached hydrogens (tertiary/aromatic N) is 1.